The van der Waals surface area contributed by atoms with Gasteiger partial charge in [-0.1, -0.05) is 39.0 Å². The van der Waals surface area contributed by atoms with Crippen LogP contribution in [-0.4, -0.2) is 37.0 Å². The van der Waals surface area contributed by atoms with Crippen molar-refractivity contribution >= 4 is 11.6 Å². The molecule has 1 saturated heterocycles. The molecule has 0 saturated carbocycles. The second-order valence-electron chi connectivity index (χ2n) is 9.04. The van der Waals surface area contributed by atoms with Crippen LogP contribution in [0.15, 0.2) is 36.4 Å². The van der Waals surface area contributed by atoms with Gasteiger partial charge in [0.1, 0.15) is 17.2 Å². The number of rotatable bonds is 4. The van der Waals surface area contributed by atoms with E-state index in [0.29, 0.717) is 12.5 Å². The van der Waals surface area contributed by atoms with E-state index in [-0.39, 0.29) is 5.41 Å². The number of amides is 1. The molecule has 2 aromatic rings. The summed E-state index contributed by atoms with van der Waals surface area (Å²) in [5.74, 6) is -1.82. The molecular weight excluding hydrogens is 382 g/mol. The molecular formula is C25H30F2N2O. The normalized spacial score (nSPS) is 18.3. The number of piperidine rings is 1. The highest BCUT2D eigenvalue weighted by molar-refractivity contribution is 6.08. The summed E-state index contributed by atoms with van der Waals surface area (Å²) in [5, 5.41) is 0. The summed E-state index contributed by atoms with van der Waals surface area (Å²) in [6.45, 7) is 10.0. The zero-order chi connectivity index (χ0) is 21.5. The molecule has 0 unspecified atom stereocenters. The first-order chi connectivity index (χ1) is 14.4. The Morgan fingerprint density at radius 2 is 1.77 bits per heavy atom. The standard InChI is InChI=1S/C25H30F2N2O/c1-4-12-28-13-10-25(11-14-28)16-29(22-9-8-18(17(2)3)15-19(22)25)24(30)23-20(26)6-5-7-21(23)27/h5-9,15,17H,4,10-14,16H2,1-3H3. The lowest BCUT2D eigenvalue weighted by Crippen LogP contribution is -2.46. The van der Waals surface area contributed by atoms with Gasteiger partial charge in [-0.2, -0.15) is 0 Å². The average molecular weight is 413 g/mol. The highest BCUT2D eigenvalue weighted by atomic mass is 19.1. The van der Waals surface area contributed by atoms with Crippen molar-refractivity contribution in [3.63, 3.8) is 0 Å². The van der Waals surface area contributed by atoms with Gasteiger partial charge >= 0.3 is 0 Å². The SMILES string of the molecule is CCCN1CCC2(CC1)CN(C(=O)c1c(F)cccc1F)c1ccc(C(C)C)cc12. The van der Waals surface area contributed by atoms with E-state index in [1.807, 2.05) is 12.1 Å². The molecule has 5 heteroatoms. The van der Waals surface area contributed by atoms with E-state index < -0.39 is 23.1 Å². The minimum absolute atomic E-state index is 0.151. The molecule has 2 heterocycles. The average Bonchev–Trinajstić information content (AvgIpc) is 3.03. The Balaban J connectivity index is 1.74. The molecule has 4 rings (SSSR count). The van der Waals surface area contributed by atoms with Crippen LogP contribution < -0.4 is 4.90 Å². The van der Waals surface area contributed by atoms with Crippen molar-refractivity contribution in [2.24, 2.45) is 0 Å². The van der Waals surface area contributed by atoms with E-state index in [9.17, 15) is 13.6 Å². The lowest BCUT2D eigenvalue weighted by atomic mass is 9.73. The molecule has 1 spiro atoms. The fourth-order valence-electron chi connectivity index (χ4n) is 5.01. The highest BCUT2D eigenvalue weighted by Crippen LogP contribution is 2.48. The quantitative estimate of drug-likeness (QED) is 0.663. The number of fused-ring (bicyclic) bond motifs is 2. The maximum atomic E-state index is 14.4. The number of carbonyl (C=O) groups is 1. The highest BCUT2D eigenvalue weighted by Gasteiger charge is 2.47. The molecule has 1 amide bonds. The second-order valence-corrected chi connectivity index (χ2v) is 9.04. The summed E-state index contributed by atoms with van der Waals surface area (Å²) >= 11 is 0. The van der Waals surface area contributed by atoms with Crippen LogP contribution in [0, 0.1) is 11.6 Å². The molecule has 2 aliphatic heterocycles. The lowest BCUT2D eigenvalue weighted by Gasteiger charge is -2.40. The molecule has 0 bridgehead atoms. The van der Waals surface area contributed by atoms with Crippen LogP contribution in [-0.2, 0) is 5.41 Å². The maximum Gasteiger partial charge on any atom is 0.264 e. The van der Waals surface area contributed by atoms with Crippen molar-refractivity contribution in [1.82, 2.24) is 4.90 Å². The van der Waals surface area contributed by atoms with Crippen molar-refractivity contribution in [1.29, 1.82) is 0 Å². The summed E-state index contributed by atoms with van der Waals surface area (Å²) in [5.41, 5.74) is 2.58. The Hall–Kier alpha value is -2.27. The topological polar surface area (TPSA) is 23.6 Å². The third kappa shape index (κ3) is 3.53. The summed E-state index contributed by atoms with van der Waals surface area (Å²) in [4.78, 5) is 17.4. The van der Waals surface area contributed by atoms with E-state index in [1.54, 1.807) is 4.90 Å². The monoisotopic (exact) mass is 412 g/mol. The third-order valence-electron chi connectivity index (χ3n) is 6.78. The molecule has 0 atom stereocenters. The predicted octanol–water partition coefficient (Wildman–Crippen LogP) is 5.49. The Labute approximate surface area is 177 Å². The van der Waals surface area contributed by atoms with Gasteiger partial charge in [-0.05, 0) is 74.1 Å². The van der Waals surface area contributed by atoms with Crippen molar-refractivity contribution in [3.05, 3.63) is 64.7 Å². The zero-order valence-electron chi connectivity index (χ0n) is 18.0. The number of benzene rings is 2. The van der Waals surface area contributed by atoms with Gasteiger partial charge in [-0.3, -0.25) is 4.79 Å². The van der Waals surface area contributed by atoms with Crippen LogP contribution in [0.4, 0.5) is 14.5 Å². The first-order valence-corrected chi connectivity index (χ1v) is 11.0. The Morgan fingerprint density at radius 3 is 2.37 bits per heavy atom. The molecule has 0 N–H and O–H groups in total. The van der Waals surface area contributed by atoms with E-state index in [2.05, 4.69) is 31.7 Å². The predicted molar refractivity (Wildman–Crippen MR) is 116 cm³/mol. The molecule has 30 heavy (non-hydrogen) atoms. The fourth-order valence-corrected chi connectivity index (χ4v) is 5.01. The molecule has 3 nitrogen and oxygen atoms in total. The molecule has 0 radical (unpaired) electrons. The Bertz CT molecular complexity index is 928. The number of halogens is 2. The van der Waals surface area contributed by atoms with E-state index in [1.165, 1.54) is 11.6 Å². The number of nitrogens with zero attached hydrogens (tertiary/aromatic N) is 2. The molecule has 2 aromatic carbocycles. The maximum absolute atomic E-state index is 14.4. The molecule has 1 fully saturated rings. The summed E-state index contributed by atoms with van der Waals surface area (Å²) < 4.78 is 28.8. The Morgan fingerprint density at radius 1 is 1.10 bits per heavy atom. The number of likely N-dealkylation sites (tertiary alicyclic amines) is 1. The van der Waals surface area contributed by atoms with Gasteiger partial charge in [0.2, 0.25) is 0 Å². The van der Waals surface area contributed by atoms with Crippen LogP contribution in [0.5, 0.6) is 0 Å². The van der Waals surface area contributed by atoms with Gasteiger partial charge in [0.25, 0.3) is 5.91 Å². The zero-order valence-corrected chi connectivity index (χ0v) is 18.0. The van der Waals surface area contributed by atoms with E-state index in [0.717, 1.165) is 62.3 Å². The Kier molecular flexibility index (Phi) is 5.67. The van der Waals surface area contributed by atoms with Gasteiger partial charge in [-0.25, -0.2) is 8.78 Å². The number of anilines is 1. The largest absolute Gasteiger partial charge is 0.307 e. The van der Waals surface area contributed by atoms with Crippen LogP contribution in [0.3, 0.4) is 0 Å². The van der Waals surface area contributed by atoms with Crippen molar-refractivity contribution < 1.29 is 13.6 Å². The van der Waals surface area contributed by atoms with Gasteiger partial charge < -0.3 is 9.80 Å². The van der Waals surface area contributed by atoms with Crippen molar-refractivity contribution in [3.8, 4) is 0 Å². The first-order valence-electron chi connectivity index (χ1n) is 11.0. The smallest absolute Gasteiger partial charge is 0.264 e. The van der Waals surface area contributed by atoms with E-state index in [4.69, 9.17) is 0 Å². The van der Waals surface area contributed by atoms with Crippen LogP contribution >= 0.6 is 0 Å². The van der Waals surface area contributed by atoms with Crippen molar-refractivity contribution in [2.45, 2.75) is 51.4 Å². The molecule has 0 aromatic heterocycles. The van der Waals surface area contributed by atoms with Gasteiger partial charge in [0.05, 0.1) is 0 Å². The van der Waals surface area contributed by atoms with E-state index >= 15 is 0 Å². The number of carbonyl (C=O) groups excluding carboxylic acids is 1. The summed E-state index contributed by atoms with van der Waals surface area (Å²) in [6, 6.07) is 9.81. The first kappa shape index (κ1) is 21.0. The van der Waals surface area contributed by atoms with Crippen LogP contribution in [0.2, 0.25) is 0 Å². The van der Waals surface area contributed by atoms with Gasteiger partial charge in [0.15, 0.2) is 0 Å². The minimum atomic E-state index is -0.806. The number of hydrogen-bond acceptors (Lipinski definition) is 2. The van der Waals surface area contributed by atoms with Crippen molar-refractivity contribution in [2.75, 3.05) is 31.1 Å². The van der Waals surface area contributed by atoms with Crippen LogP contribution in [0.25, 0.3) is 0 Å². The third-order valence-corrected chi connectivity index (χ3v) is 6.78. The second kappa shape index (κ2) is 8.10. The van der Waals surface area contributed by atoms with Gasteiger partial charge in [0, 0.05) is 17.6 Å². The fraction of sp³-hybridized carbons (Fsp3) is 0.480. The number of hydrogen-bond donors (Lipinski definition) is 0. The van der Waals surface area contributed by atoms with Crippen LogP contribution in [0.1, 0.15) is 67.4 Å². The summed E-state index contributed by atoms with van der Waals surface area (Å²) in [7, 11) is 0. The molecule has 160 valence electrons. The summed E-state index contributed by atoms with van der Waals surface area (Å²) in [6.07, 6.45) is 3.02. The minimum Gasteiger partial charge on any atom is -0.307 e. The molecule has 2 aliphatic rings. The molecule has 0 aliphatic carbocycles. The van der Waals surface area contributed by atoms with Gasteiger partial charge in [-0.15, -0.1) is 0 Å². The lowest BCUT2D eigenvalue weighted by molar-refractivity contribution is 0.0968.